The molecule has 2 aromatic heterocycles. The van der Waals surface area contributed by atoms with Crippen LogP contribution in [0.4, 0.5) is 0 Å². The molecule has 0 bridgehead atoms. The van der Waals surface area contributed by atoms with Crippen LogP contribution in [0.1, 0.15) is 11.1 Å². The van der Waals surface area contributed by atoms with Gasteiger partial charge in [-0.15, -0.1) is 0 Å². The van der Waals surface area contributed by atoms with E-state index in [4.69, 9.17) is 5.73 Å². The van der Waals surface area contributed by atoms with Crippen molar-refractivity contribution >= 4 is 45.5 Å². The maximum Gasteiger partial charge on any atom is 0.326 e. The highest BCUT2D eigenvalue weighted by Crippen LogP contribution is 2.20. The van der Waals surface area contributed by atoms with E-state index in [1.165, 1.54) is 0 Å². The normalized spacial score (nSPS) is 13.5. The molecule has 0 aliphatic rings. The van der Waals surface area contributed by atoms with Crippen molar-refractivity contribution in [1.29, 1.82) is 0 Å². The van der Waals surface area contributed by atoms with Crippen molar-refractivity contribution in [2.24, 2.45) is 5.73 Å². The molecule has 12 heteroatoms. The Labute approximate surface area is 223 Å². The number of amides is 3. The summed E-state index contributed by atoms with van der Waals surface area (Å²) in [5.41, 5.74) is 8.77. The minimum atomic E-state index is -1.23. The molecule has 4 rings (SSSR count). The van der Waals surface area contributed by atoms with E-state index in [0.29, 0.717) is 0 Å². The molecular formula is C27H30N6O6. The molecule has 3 amide bonds. The SMILES string of the molecule is NC(CO)C(=O)NC(Cc1c[nH]c2ccccc12)C(=O)NCC(=O)NC(Cc1c[nH]c2ccccc12)C(=O)O. The van der Waals surface area contributed by atoms with Crippen molar-refractivity contribution in [3.63, 3.8) is 0 Å². The Morgan fingerprint density at radius 1 is 0.795 bits per heavy atom. The van der Waals surface area contributed by atoms with E-state index < -0.39 is 55.0 Å². The summed E-state index contributed by atoms with van der Waals surface area (Å²) in [5, 5.41) is 28.0. The highest BCUT2D eigenvalue weighted by molar-refractivity contribution is 5.94. The number of H-pyrrole nitrogens is 2. The standard InChI is InChI=1S/C27H30N6O6/c28-19(14-34)25(36)33-22(9-15-11-29-20-7-3-1-5-17(15)20)26(37)31-13-24(35)32-23(27(38)39)10-16-12-30-21-8-4-2-6-18(16)21/h1-8,11-12,19,22-23,29-30,34H,9-10,13-14,28H2,(H,31,37)(H,32,35)(H,33,36)(H,38,39). The first-order chi connectivity index (χ1) is 18.8. The smallest absolute Gasteiger partial charge is 0.326 e. The molecule has 9 N–H and O–H groups in total. The van der Waals surface area contributed by atoms with Crippen LogP contribution in [-0.4, -0.2) is 75.1 Å². The number of para-hydroxylation sites is 2. The summed E-state index contributed by atoms with van der Waals surface area (Å²) < 4.78 is 0. The summed E-state index contributed by atoms with van der Waals surface area (Å²) in [5.74, 6) is -3.33. The number of rotatable bonds is 12. The van der Waals surface area contributed by atoms with Gasteiger partial charge in [0.25, 0.3) is 0 Å². The van der Waals surface area contributed by atoms with E-state index in [-0.39, 0.29) is 12.8 Å². The summed E-state index contributed by atoms with van der Waals surface area (Å²) in [6.07, 6.45) is 3.54. The third-order valence-corrected chi connectivity index (χ3v) is 6.42. The lowest BCUT2D eigenvalue weighted by molar-refractivity contribution is -0.141. The molecule has 39 heavy (non-hydrogen) atoms. The first kappa shape index (κ1) is 27.4. The van der Waals surface area contributed by atoms with Gasteiger partial charge in [-0.2, -0.15) is 0 Å². The number of benzene rings is 2. The van der Waals surface area contributed by atoms with Gasteiger partial charge in [-0.1, -0.05) is 36.4 Å². The van der Waals surface area contributed by atoms with Crippen molar-refractivity contribution in [3.05, 3.63) is 72.1 Å². The summed E-state index contributed by atoms with van der Waals surface area (Å²) in [7, 11) is 0. The average Bonchev–Trinajstić information content (AvgIpc) is 3.54. The second-order valence-corrected chi connectivity index (χ2v) is 9.15. The zero-order chi connectivity index (χ0) is 27.9. The topological polar surface area (TPSA) is 202 Å². The Morgan fingerprint density at radius 2 is 1.33 bits per heavy atom. The largest absolute Gasteiger partial charge is 0.480 e. The average molecular weight is 535 g/mol. The molecule has 0 spiro atoms. The number of hydrogen-bond donors (Lipinski definition) is 8. The Morgan fingerprint density at radius 3 is 1.87 bits per heavy atom. The van der Waals surface area contributed by atoms with Crippen molar-refractivity contribution in [3.8, 4) is 0 Å². The molecule has 3 unspecified atom stereocenters. The van der Waals surface area contributed by atoms with Crippen LogP contribution in [0, 0.1) is 0 Å². The highest BCUT2D eigenvalue weighted by atomic mass is 16.4. The predicted octanol–water partition coefficient (Wildman–Crippen LogP) is -0.0756. The molecule has 2 heterocycles. The van der Waals surface area contributed by atoms with Crippen molar-refractivity contribution < 1.29 is 29.4 Å². The number of aromatic nitrogens is 2. The molecule has 3 atom stereocenters. The molecule has 2 aromatic carbocycles. The molecule has 0 saturated heterocycles. The van der Waals surface area contributed by atoms with Gasteiger partial charge in [-0.05, 0) is 23.3 Å². The van der Waals surface area contributed by atoms with Gasteiger partial charge in [0.1, 0.15) is 18.1 Å². The fourth-order valence-corrected chi connectivity index (χ4v) is 4.35. The number of nitrogens with one attached hydrogen (secondary N) is 5. The Bertz CT molecular complexity index is 1490. The number of aliphatic hydroxyl groups excluding tert-OH is 1. The van der Waals surface area contributed by atoms with Crippen LogP contribution in [-0.2, 0) is 32.0 Å². The number of aliphatic carboxylic acids is 1. The number of carbonyl (C=O) groups excluding carboxylic acids is 3. The van der Waals surface area contributed by atoms with E-state index >= 15 is 0 Å². The maximum absolute atomic E-state index is 13.0. The molecular weight excluding hydrogens is 504 g/mol. The maximum atomic E-state index is 13.0. The Balaban J connectivity index is 1.41. The number of hydrogen-bond acceptors (Lipinski definition) is 6. The third kappa shape index (κ3) is 6.61. The first-order valence-corrected chi connectivity index (χ1v) is 12.3. The van der Waals surface area contributed by atoms with E-state index in [2.05, 4.69) is 25.9 Å². The monoisotopic (exact) mass is 534 g/mol. The molecule has 204 valence electrons. The van der Waals surface area contributed by atoms with E-state index in [1.807, 2.05) is 48.5 Å². The van der Waals surface area contributed by atoms with Gasteiger partial charge in [0, 0.05) is 47.0 Å². The van der Waals surface area contributed by atoms with Crippen LogP contribution < -0.4 is 21.7 Å². The summed E-state index contributed by atoms with van der Waals surface area (Å²) >= 11 is 0. The number of fused-ring (bicyclic) bond motifs is 2. The Hall–Kier alpha value is -4.68. The second kappa shape index (κ2) is 12.2. The summed E-state index contributed by atoms with van der Waals surface area (Å²) in [4.78, 5) is 56.0. The highest BCUT2D eigenvalue weighted by Gasteiger charge is 2.26. The van der Waals surface area contributed by atoms with Crippen LogP contribution in [0.3, 0.4) is 0 Å². The molecule has 0 radical (unpaired) electrons. The number of carboxylic acids is 1. The van der Waals surface area contributed by atoms with Crippen LogP contribution in [0.5, 0.6) is 0 Å². The number of aromatic amines is 2. The molecule has 0 aliphatic heterocycles. The lowest BCUT2D eigenvalue weighted by Crippen LogP contribution is -2.55. The lowest BCUT2D eigenvalue weighted by atomic mass is 10.0. The number of carbonyl (C=O) groups is 4. The summed E-state index contributed by atoms with van der Waals surface area (Å²) in [6.45, 7) is -1.12. The van der Waals surface area contributed by atoms with Crippen LogP contribution in [0.2, 0.25) is 0 Å². The zero-order valence-electron chi connectivity index (χ0n) is 20.9. The van der Waals surface area contributed by atoms with Gasteiger partial charge in [0.05, 0.1) is 13.2 Å². The van der Waals surface area contributed by atoms with Gasteiger partial charge >= 0.3 is 5.97 Å². The lowest BCUT2D eigenvalue weighted by Gasteiger charge is -2.20. The van der Waals surface area contributed by atoms with Crippen molar-refractivity contribution in [2.75, 3.05) is 13.2 Å². The second-order valence-electron chi connectivity index (χ2n) is 9.15. The zero-order valence-corrected chi connectivity index (χ0v) is 20.9. The summed E-state index contributed by atoms with van der Waals surface area (Å²) in [6, 6.07) is 11.3. The van der Waals surface area contributed by atoms with Crippen LogP contribution >= 0.6 is 0 Å². The third-order valence-electron chi connectivity index (χ3n) is 6.42. The molecule has 0 saturated carbocycles. The van der Waals surface area contributed by atoms with Gasteiger partial charge in [0.15, 0.2) is 0 Å². The predicted molar refractivity (Wildman–Crippen MR) is 144 cm³/mol. The molecule has 12 nitrogen and oxygen atoms in total. The number of aliphatic hydroxyl groups is 1. The number of nitrogens with two attached hydrogens (primary N) is 1. The molecule has 0 aliphatic carbocycles. The minimum Gasteiger partial charge on any atom is -0.480 e. The van der Waals surface area contributed by atoms with E-state index in [9.17, 15) is 29.4 Å². The van der Waals surface area contributed by atoms with Gasteiger partial charge < -0.3 is 41.9 Å². The Kier molecular flexibility index (Phi) is 8.59. The van der Waals surface area contributed by atoms with Crippen molar-refractivity contribution in [2.45, 2.75) is 31.0 Å². The van der Waals surface area contributed by atoms with Gasteiger partial charge in [0.2, 0.25) is 17.7 Å². The number of carboxylic acid groups (broad SMARTS) is 1. The van der Waals surface area contributed by atoms with Crippen LogP contribution in [0.25, 0.3) is 21.8 Å². The molecule has 4 aromatic rings. The van der Waals surface area contributed by atoms with Gasteiger partial charge in [-0.3, -0.25) is 14.4 Å². The fraction of sp³-hybridized carbons (Fsp3) is 0.259. The quantitative estimate of drug-likeness (QED) is 0.124. The van der Waals surface area contributed by atoms with Crippen molar-refractivity contribution in [1.82, 2.24) is 25.9 Å². The molecule has 0 fully saturated rings. The van der Waals surface area contributed by atoms with E-state index in [0.717, 1.165) is 32.9 Å². The first-order valence-electron chi connectivity index (χ1n) is 12.3. The minimum absolute atomic E-state index is 0.0390. The van der Waals surface area contributed by atoms with E-state index in [1.54, 1.807) is 12.4 Å². The fourth-order valence-electron chi connectivity index (χ4n) is 4.35. The van der Waals surface area contributed by atoms with Crippen LogP contribution in [0.15, 0.2) is 60.9 Å². The van der Waals surface area contributed by atoms with Gasteiger partial charge in [-0.25, -0.2) is 4.79 Å².